The maximum absolute atomic E-state index is 12.6. The van der Waals surface area contributed by atoms with Crippen LogP contribution in [0.4, 0.5) is 0 Å². The van der Waals surface area contributed by atoms with E-state index in [-0.39, 0.29) is 20.0 Å². The number of fused-ring (bicyclic) bond motifs is 1. The zero-order valence-electron chi connectivity index (χ0n) is 14.0. The number of sulfone groups is 1. The summed E-state index contributed by atoms with van der Waals surface area (Å²) in [5.74, 6) is 0. The van der Waals surface area contributed by atoms with Gasteiger partial charge in [0, 0.05) is 17.1 Å². The maximum atomic E-state index is 12.6. The van der Waals surface area contributed by atoms with Crippen molar-refractivity contribution in [1.82, 2.24) is 4.90 Å². The van der Waals surface area contributed by atoms with Gasteiger partial charge in [0.05, 0.1) is 5.25 Å². The second kappa shape index (κ2) is 5.80. The van der Waals surface area contributed by atoms with Gasteiger partial charge in [0.15, 0.2) is 9.84 Å². The van der Waals surface area contributed by atoms with Crippen LogP contribution in [-0.4, -0.2) is 39.1 Å². The second-order valence-corrected chi connectivity index (χ2v) is 12.3. The van der Waals surface area contributed by atoms with Crippen molar-refractivity contribution >= 4 is 31.2 Å². The van der Waals surface area contributed by atoms with Gasteiger partial charge in [0.1, 0.15) is 8.42 Å². The van der Waals surface area contributed by atoms with Gasteiger partial charge in [-0.15, -0.1) is 11.3 Å². The van der Waals surface area contributed by atoms with Crippen molar-refractivity contribution in [3.8, 4) is 0 Å². The van der Waals surface area contributed by atoms with E-state index in [1.54, 1.807) is 6.92 Å². The van der Waals surface area contributed by atoms with Crippen molar-refractivity contribution in [2.45, 2.75) is 66.3 Å². The molecule has 0 amide bonds. The summed E-state index contributed by atoms with van der Waals surface area (Å²) in [4.78, 5) is 2.21. The molecule has 0 aliphatic carbocycles. The molecule has 2 rings (SSSR count). The first-order valence-electron chi connectivity index (χ1n) is 7.47. The van der Waals surface area contributed by atoms with E-state index in [2.05, 4.69) is 25.7 Å². The summed E-state index contributed by atoms with van der Waals surface area (Å²) in [7, 11) is -7.43. The molecule has 1 aliphatic rings. The summed E-state index contributed by atoms with van der Waals surface area (Å²) in [5, 5.41) is 4.65. The number of rotatable bonds is 3. The molecule has 0 aromatic carbocycles. The largest absolute Gasteiger partial charge is 0.292 e. The van der Waals surface area contributed by atoms with Gasteiger partial charge in [-0.3, -0.25) is 4.90 Å². The first kappa shape index (κ1) is 18.9. The van der Waals surface area contributed by atoms with Crippen molar-refractivity contribution in [2.75, 3.05) is 6.54 Å². The van der Waals surface area contributed by atoms with Gasteiger partial charge >= 0.3 is 0 Å². The molecule has 1 aliphatic heterocycles. The molecule has 23 heavy (non-hydrogen) atoms. The Labute approximate surface area is 142 Å². The van der Waals surface area contributed by atoms with E-state index in [1.165, 1.54) is 6.07 Å². The highest BCUT2D eigenvalue weighted by Gasteiger charge is 2.43. The molecule has 0 saturated heterocycles. The topological polar surface area (TPSA) is 97.5 Å². The molecule has 1 aromatic heterocycles. The maximum Gasteiger partial charge on any atom is 0.247 e. The fraction of sp³-hybridized carbons (Fsp3) is 0.714. The normalized spacial score (nSPS) is 24.7. The minimum absolute atomic E-state index is 0.0878. The van der Waals surface area contributed by atoms with Gasteiger partial charge in [-0.25, -0.2) is 22.0 Å². The first-order valence-corrected chi connectivity index (χ1v) is 11.4. The van der Waals surface area contributed by atoms with Crippen molar-refractivity contribution in [3.63, 3.8) is 0 Å². The molecule has 0 bridgehead atoms. The lowest BCUT2D eigenvalue weighted by atomic mass is 9.96. The fourth-order valence-corrected chi connectivity index (χ4v) is 7.57. The monoisotopic (exact) mass is 380 g/mol. The average molecular weight is 381 g/mol. The predicted molar refractivity (Wildman–Crippen MR) is 91.8 cm³/mol. The average Bonchev–Trinajstić information content (AvgIpc) is 2.80. The zero-order chi connectivity index (χ0) is 17.8. The Hall–Kier alpha value is -0.480. The Bertz CT molecular complexity index is 804. The summed E-state index contributed by atoms with van der Waals surface area (Å²) in [6.07, 6.45) is 0.446. The quantitative estimate of drug-likeness (QED) is 0.866. The SMILES string of the molecule is CCN([C@H]1C[C@H](C)S(=O)(=O)c2sc(S(N)(=O)=O)cc21)C(C)(C)C. The molecule has 0 unspecified atom stereocenters. The van der Waals surface area contributed by atoms with E-state index in [4.69, 9.17) is 5.14 Å². The van der Waals surface area contributed by atoms with Gasteiger partial charge in [-0.05, 0) is 46.7 Å². The van der Waals surface area contributed by atoms with Gasteiger partial charge in [0.25, 0.3) is 0 Å². The standard InChI is InChI=1S/C14H24N2O4S3/c1-6-16(14(3,4)5)11-7-9(2)22(17,18)13-10(11)8-12(21-13)23(15,19)20/h8-9,11H,6-7H2,1-5H3,(H2,15,19,20)/t9-,11-/m0/s1. The molecule has 0 radical (unpaired) electrons. The molecular weight excluding hydrogens is 356 g/mol. The minimum atomic E-state index is -3.92. The highest BCUT2D eigenvalue weighted by Crippen LogP contribution is 2.46. The molecule has 2 atom stereocenters. The summed E-state index contributed by atoms with van der Waals surface area (Å²) >= 11 is 0.768. The summed E-state index contributed by atoms with van der Waals surface area (Å²) in [6, 6.07) is 1.30. The molecule has 2 heterocycles. The van der Waals surface area contributed by atoms with Gasteiger partial charge in [-0.1, -0.05) is 6.92 Å². The number of sulfonamides is 1. The molecule has 132 valence electrons. The minimum Gasteiger partial charge on any atom is -0.292 e. The Morgan fingerprint density at radius 3 is 2.39 bits per heavy atom. The predicted octanol–water partition coefficient (Wildman–Crippen LogP) is 2.12. The highest BCUT2D eigenvalue weighted by atomic mass is 32.3. The lowest BCUT2D eigenvalue weighted by Gasteiger charge is -2.43. The van der Waals surface area contributed by atoms with Gasteiger partial charge < -0.3 is 0 Å². The van der Waals surface area contributed by atoms with E-state index < -0.39 is 25.1 Å². The molecule has 6 nitrogen and oxygen atoms in total. The summed E-state index contributed by atoms with van der Waals surface area (Å²) in [5.41, 5.74) is 0.398. The van der Waals surface area contributed by atoms with Crippen molar-refractivity contribution < 1.29 is 16.8 Å². The smallest absolute Gasteiger partial charge is 0.247 e. The van der Waals surface area contributed by atoms with Crippen LogP contribution in [0.15, 0.2) is 14.5 Å². The van der Waals surface area contributed by atoms with E-state index in [0.717, 1.165) is 17.9 Å². The number of thiophene rings is 1. The summed E-state index contributed by atoms with van der Waals surface area (Å²) in [6.45, 7) is 10.6. The van der Waals surface area contributed by atoms with Crippen LogP contribution in [0.5, 0.6) is 0 Å². The van der Waals surface area contributed by atoms with Crippen molar-refractivity contribution in [2.24, 2.45) is 5.14 Å². The Balaban J connectivity index is 2.70. The fourth-order valence-electron chi connectivity index (χ4n) is 3.17. The Kier molecular flexibility index (Phi) is 4.76. The Morgan fingerprint density at radius 2 is 1.96 bits per heavy atom. The number of hydrogen-bond donors (Lipinski definition) is 1. The van der Waals surface area contributed by atoms with Gasteiger partial charge in [0.2, 0.25) is 10.0 Å². The van der Waals surface area contributed by atoms with Crippen LogP contribution in [-0.2, 0) is 19.9 Å². The number of nitrogens with zero attached hydrogens (tertiary/aromatic N) is 1. The second-order valence-electron chi connectivity index (χ2n) is 6.92. The molecule has 9 heteroatoms. The third-order valence-corrected chi connectivity index (χ3v) is 9.58. The molecule has 0 spiro atoms. The molecule has 0 fully saturated rings. The lowest BCUT2D eigenvalue weighted by Crippen LogP contribution is -2.46. The van der Waals surface area contributed by atoms with Crippen LogP contribution >= 0.6 is 11.3 Å². The molecule has 1 aromatic rings. The van der Waals surface area contributed by atoms with E-state index >= 15 is 0 Å². The number of primary sulfonamides is 1. The van der Waals surface area contributed by atoms with Crippen LogP contribution in [0.1, 0.15) is 52.6 Å². The van der Waals surface area contributed by atoms with E-state index in [1.807, 2.05) is 6.92 Å². The molecular formula is C14H24N2O4S3. The van der Waals surface area contributed by atoms with E-state index in [0.29, 0.717) is 12.0 Å². The van der Waals surface area contributed by atoms with Crippen LogP contribution in [0.2, 0.25) is 0 Å². The van der Waals surface area contributed by atoms with Crippen LogP contribution < -0.4 is 5.14 Å². The van der Waals surface area contributed by atoms with Crippen LogP contribution in [0.25, 0.3) is 0 Å². The lowest BCUT2D eigenvalue weighted by molar-refractivity contribution is 0.0800. The highest BCUT2D eigenvalue weighted by molar-refractivity contribution is 7.95. The van der Waals surface area contributed by atoms with Crippen molar-refractivity contribution in [1.29, 1.82) is 0 Å². The Morgan fingerprint density at radius 1 is 1.39 bits per heavy atom. The third-order valence-electron chi connectivity index (χ3n) is 4.26. The summed E-state index contributed by atoms with van der Waals surface area (Å²) < 4.78 is 48.6. The zero-order valence-corrected chi connectivity index (χ0v) is 16.5. The third kappa shape index (κ3) is 3.34. The first-order chi connectivity index (χ1) is 10.3. The van der Waals surface area contributed by atoms with Crippen LogP contribution in [0, 0.1) is 0 Å². The molecule has 2 N–H and O–H groups in total. The number of hydrogen-bond acceptors (Lipinski definition) is 6. The van der Waals surface area contributed by atoms with E-state index in [9.17, 15) is 16.8 Å². The molecule has 0 saturated carbocycles. The van der Waals surface area contributed by atoms with Crippen molar-refractivity contribution in [3.05, 3.63) is 11.6 Å². The number of nitrogens with two attached hydrogens (primary N) is 1. The van der Waals surface area contributed by atoms with Gasteiger partial charge in [-0.2, -0.15) is 0 Å². The van der Waals surface area contributed by atoms with Crippen LogP contribution in [0.3, 0.4) is 0 Å².